The molecule has 1 amide bonds. The molecule has 6 nitrogen and oxygen atoms in total. The molecule has 2 atom stereocenters. The van der Waals surface area contributed by atoms with Gasteiger partial charge in [0.15, 0.2) is 11.6 Å². The van der Waals surface area contributed by atoms with E-state index in [1.807, 2.05) is 0 Å². The van der Waals surface area contributed by atoms with Crippen LogP contribution in [0, 0.1) is 5.82 Å². The lowest BCUT2D eigenvalue weighted by atomic mass is 9.98. The number of halogens is 3. The lowest BCUT2D eigenvalue weighted by molar-refractivity contribution is -0.138. The van der Waals surface area contributed by atoms with Crippen molar-refractivity contribution in [2.24, 2.45) is 0 Å². The van der Waals surface area contributed by atoms with Gasteiger partial charge >= 0.3 is 0 Å². The van der Waals surface area contributed by atoms with Gasteiger partial charge in [0.25, 0.3) is 0 Å². The molecule has 0 spiro atoms. The molecular weight excluding hydrogens is 478 g/mol. The van der Waals surface area contributed by atoms with Crippen LogP contribution in [0.2, 0.25) is 5.02 Å². The van der Waals surface area contributed by atoms with Crippen LogP contribution in [0.3, 0.4) is 0 Å². The summed E-state index contributed by atoms with van der Waals surface area (Å²) in [4.78, 5) is 39.6. The Bertz CT molecular complexity index is 1330. The highest BCUT2D eigenvalue weighted by Crippen LogP contribution is 2.33. The van der Waals surface area contributed by atoms with E-state index in [0.717, 1.165) is 0 Å². The number of aromatic hydroxyl groups is 1. The number of nitrogens with zero attached hydrogens (tertiary/aromatic N) is 2. The Balaban J connectivity index is 1.55. The number of ketones is 2. The van der Waals surface area contributed by atoms with Crippen molar-refractivity contribution in [3.8, 4) is 5.75 Å². The monoisotopic (exact) mass is 502 g/mol. The molecule has 1 saturated heterocycles. The van der Waals surface area contributed by atoms with E-state index in [0.29, 0.717) is 16.5 Å². The first-order valence-corrected chi connectivity index (χ1v) is 11.6. The molecular formula is C26H25ClF2N2O4. The van der Waals surface area contributed by atoms with Crippen molar-refractivity contribution in [2.75, 3.05) is 6.54 Å². The van der Waals surface area contributed by atoms with Crippen molar-refractivity contribution in [3.05, 3.63) is 64.6 Å². The highest BCUT2D eigenvalue weighted by Gasteiger charge is 2.46. The van der Waals surface area contributed by atoms with E-state index >= 15 is 0 Å². The second-order valence-electron chi connectivity index (χ2n) is 9.26. The normalized spacial score (nSPS) is 19.9. The minimum Gasteiger partial charge on any atom is -0.508 e. The maximum atomic E-state index is 15.0. The summed E-state index contributed by atoms with van der Waals surface area (Å²) in [6.45, 7) is 2.28. The van der Waals surface area contributed by atoms with Gasteiger partial charge in [-0.15, -0.1) is 0 Å². The van der Waals surface area contributed by atoms with Crippen molar-refractivity contribution < 1.29 is 28.3 Å². The highest BCUT2D eigenvalue weighted by molar-refractivity contribution is 6.30. The summed E-state index contributed by atoms with van der Waals surface area (Å²) in [5.41, 5.74) is -0.560. The lowest BCUT2D eigenvalue weighted by Crippen LogP contribution is -2.42. The van der Waals surface area contributed by atoms with Crippen LogP contribution in [0.1, 0.15) is 42.6 Å². The fourth-order valence-corrected chi connectivity index (χ4v) is 4.89. The molecule has 1 N–H and O–H groups in total. The van der Waals surface area contributed by atoms with Gasteiger partial charge in [-0.05, 0) is 50.1 Å². The number of amides is 1. The summed E-state index contributed by atoms with van der Waals surface area (Å²) in [5, 5.41) is 10.3. The zero-order valence-corrected chi connectivity index (χ0v) is 20.1. The van der Waals surface area contributed by atoms with Gasteiger partial charge in [0.2, 0.25) is 5.91 Å². The fraction of sp³-hybridized carbons (Fsp3) is 0.346. The van der Waals surface area contributed by atoms with Crippen LogP contribution in [0.25, 0.3) is 10.9 Å². The van der Waals surface area contributed by atoms with Crippen LogP contribution < -0.4 is 0 Å². The average molecular weight is 503 g/mol. The van der Waals surface area contributed by atoms with Gasteiger partial charge < -0.3 is 14.6 Å². The second-order valence-corrected chi connectivity index (χ2v) is 9.67. The number of fused-ring (bicyclic) bond motifs is 1. The number of Topliss-reactive ketones (excluding diaryl/α,β-unsaturated/α-hetero) is 2. The summed E-state index contributed by atoms with van der Waals surface area (Å²) in [6, 6.07) is 8.05. The van der Waals surface area contributed by atoms with E-state index in [2.05, 4.69) is 0 Å². The van der Waals surface area contributed by atoms with Crippen LogP contribution in [-0.4, -0.2) is 50.3 Å². The number of carbonyl (C=O) groups excluding carboxylic acids is 3. The van der Waals surface area contributed by atoms with Gasteiger partial charge in [-0.3, -0.25) is 14.4 Å². The van der Waals surface area contributed by atoms with Crippen molar-refractivity contribution in [1.82, 2.24) is 9.47 Å². The second kappa shape index (κ2) is 9.41. The van der Waals surface area contributed by atoms with Crippen LogP contribution in [0.4, 0.5) is 8.78 Å². The molecule has 0 radical (unpaired) electrons. The van der Waals surface area contributed by atoms with Crippen molar-refractivity contribution in [3.63, 3.8) is 0 Å². The molecule has 35 heavy (non-hydrogen) atoms. The molecule has 2 heterocycles. The summed E-state index contributed by atoms with van der Waals surface area (Å²) < 4.78 is 30.7. The van der Waals surface area contributed by atoms with E-state index in [-0.39, 0.29) is 60.3 Å². The van der Waals surface area contributed by atoms with Gasteiger partial charge in [0.05, 0.1) is 17.6 Å². The quantitative estimate of drug-likeness (QED) is 0.467. The van der Waals surface area contributed by atoms with Gasteiger partial charge in [-0.1, -0.05) is 23.7 Å². The fourth-order valence-electron chi connectivity index (χ4n) is 4.69. The maximum absolute atomic E-state index is 15.0. The van der Waals surface area contributed by atoms with E-state index < -0.39 is 23.4 Å². The molecule has 3 aromatic rings. The topological polar surface area (TPSA) is 79.6 Å². The van der Waals surface area contributed by atoms with Crippen LogP contribution in [-0.2, 0) is 22.6 Å². The van der Waals surface area contributed by atoms with Crippen molar-refractivity contribution in [1.29, 1.82) is 0 Å². The van der Waals surface area contributed by atoms with Gasteiger partial charge in [0.1, 0.15) is 23.8 Å². The Kier molecular flexibility index (Phi) is 6.68. The number of hydrogen-bond donors (Lipinski definition) is 1. The molecule has 0 aliphatic carbocycles. The number of carbonyl (C=O) groups is 3. The summed E-state index contributed by atoms with van der Waals surface area (Å²) in [7, 11) is 0. The smallest absolute Gasteiger partial charge is 0.243 e. The number of benzene rings is 2. The summed E-state index contributed by atoms with van der Waals surface area (Å²) >= 11 is 5.81. The SMILES string of the molecule is CC(=O)c1cn(CC(=O)N2C[C@](C)(F)C[C@H]2C(=O)CCc2cccc(Cl)c2F)c2ccc(O)cc12. The summed E-state index contributed by atoms with van der Waals surface area (Å²) in [5.74, 6) is -1.67. The van der Waals surface area contributed by atoms with Crippen LogP contribution in [0.5, 0.6) is 5.75 Å². The Morgan fingerprint density at radius 2 is 1.97 bits per heavy atom. The number of aryl methyl sites for hydroxylation is 1. The van der Waals surface area contributed by atoms with Crippen LogP contribution >= 0.6 is 11.6 Å². The summed E-state index contributed by atoms with van der Waals surface area (Å²) in [6.07, 6.45) is 1.39. The van der Waals surface area contributed by atoms with Gasteiger partial charge in [0, 0.05) is 35.5 Å². The molecule has 1 aliphatic heterocycles. The minimum atomic E-state index is -1.74. The zero-order chi connectivity index (χ0) is 25.5. The first-order chi connectivity index (χ1) is 16.5. The largest absolute Gasteiger partial charge is 0.508 e. The molecule has 9 heteroatoms. The number of phenolic OH excluding ortho intramolecular Hbond substituents is 1. The van der Waals surface area contributed by atoms with Gasteiger partial charge in [-0.2, -0.15) is 0 Å². The Morgan fingerprint density at radius 3 is 2.69 bits per heavy atom. The zero-order valence-electron chi connectivity index (χ0n) is 19.4. The molecule has 1 aromatic heterocycles. The Morgan fingerprint density at radius 1 is 1.23 bits per heavy atom. The molecule has 0 saturated carbocycles. The third-order valence-corrected chi connectivity index (χ3v) is 6.70. The molecule has 0 unspecified atom stereocenters. The van der Waals surface area contributed by atoms with Crippen molar-refractivity contribution >= 4 is 40.0 Å². The first-order valence-electron chi connectivity index (χ1n) is 11.2. The average Bonchev–Trinajstić information content (AvgIpc) is 3.31. The lowest BCUT2D eigenvalue weighted by Gasteiger charge is -2.24. The number of alkyl halides is 1. The number of hydrogen-bond acceptors (Lipinski definition) is 4. The third-order valence-electron chi connectivity index (χ3n) is 6.41. The Hall–Kier alpha value is -3.26. The molecule has 4 rings (SSSR count). The molecule has 184 valence electrons. The Labute approximate surface area is 206 Å². The number of phenols is 1. The van der Waals surface area contributed by atoms with E-state index in [4.69, 9.17) is 11.6 Å². The molecule has 1 aliphatic rings. The molecule has 0 bridgehead atoms. The predicted molar refractivity (Wildman–Crippen MR) is 128 cm³/mol. The van der Waals surface area contributed by atoms with Crippen LogP contribution in [0.15, 0.2) is 42.6 Å². The highest BCUT2D eigenvalue weighted by atomic mass is 35.5. The first kappa shape index (κ1) is 24.9. The van der Waals surface area contributed by atoms with Gasteiger partial charge in [-0.25, -0.2) is 8.78 Å². The standard InChI is InChI=1S/C26H25ClF2N2O4/c1-15(32)19-12-30(21-8-7-17(33)10-18(19)21)13-24(35)31-14-26(2,29)11-22(31)23(34)9-6-16-4-3-5-20(27)25(16)28/h3-5,7-8,10,12,22,33H,6,9,11,13-14H2,1-2H3/t22-,26+/m0/s1. The number of likely N-dealkylation sites (tertiary alicyclic amines) is 1. The maximum Gasteiger partial charge on any atom is 0.243 e. The van der Waals surface area contributed by atoms with Crippen molar-refractivity contribution in [2.45, 2.75) is 51.4 Å². The third kappa shape index (κ3) is 5.07. The van der Waals surface area contributed by atoms with E-state index in [1.165, 1.54) is 49.2 Å². The predicted octanol–water partition coefficient (Wildman–Crippen LogP) is 4.87. The van der Waals surface area contributed by atoms with E-state index in [1.54, 1.807) is 16.7 Å². The molecule has 2 aromatic carbocycles. The van der Waals surface area contributed by atoms with E-state index in [9.17, 15) is 28.3 Å². The molecule has 1 fully saturated rings. The number of rotatable bonds is 7. The number of aromatic nitrogens is 1. The minimum absolute atomic E-state index is 0.0152.